The summed E-state index contributed by atoms with van der Waals surface area (Å²) >= 11 is 1.62. The van der Waals surface area contributed by atoms with Gasteiger partial charge in [0.05, 0.1) is 6.20 Å². The van der Waals surface area contributed by atoms with Crippen molar-refractivity contribution in [3.8, 4) is 11.3 Å². The lowest BCUT2D eigenvalue weighted by molar-refractivity contribution is -0.133. The van der Waals surface area contributed by atoms with Crippen LogP contribution in [0.15, 0.2) is 47.3 Å². The number of hydrogen-bond donors (Lipinski definition) is 0. The molecule has 0 radical (unpaired) electrons. The van der Waals surface area contributed by atoms with Gasteiger partial charge in [-0.2, -0.15) is 11.3 Å². The Morgan fingerprint density at radius 1 is 1.22 bits per heavy atom. The summed E-state index contributed by atoms with van der Waals surface area (Å²) < 4.78 is 1.62. The molecule has 0 atom stereocenters. The second kappa shape index (κ2) is 5.96. The minimum absolute atomic E-state index is 0.0845. The van der Waals surface area contributed by atoms with Gasteiger partial charge < -0.3 is 4.90 Å². The number of amides is 1. The predicted octanol–water partition coefficient (Wildman–Crippen LogP) is 2.59. The zero-order chi connectivity index (χ0) is 15.6. The fourth-order valence-corrected chi connectivity index (χ4v) is 3.52. The molecule has 0 N–H and O–H groups in total. The van der Waals surface area contributed by atoms with E-state index in [1.165, 1.54) is 11.1 Å². The van der Waals surface area contributed by atoms with Crippen molar-refractivity contribution in [3.05, 3.63) is 58.4 Å². The number of thiophene rings is 1. The van der Waals surface area contributed by atoms with Crippen LogP contribution in [-0.2, 0) is 24.3 Å². The minimum Gasteiger partial charge on any atom is -0.336 e. The number of carbonyl (C=O) groups excluding carboxylic acids is 1. The van der Waals surface area contributed by atoms with E-state index in [4.69, 9.17) is 0 Å². The third kappa shape index (κ3) is 2.90. The lowest BCUT2D eigenvalue weighted by Gasteiger charge is -2.28. The Kier molecular flexibility index (Phi) is 3.67. The van der Waals surface area contributed by atoms with Crippen LogP contribution in [-0.4, -0.2) is 32.3 Å². The van der Waals surface area contributed by atoms with E-state index < -0.39 is 0 Å². The van der Waals surface area contributed by atoms with Crippen LogP contribution in [0, 0.1) is 0 Å². The number of rotatable bonds is 3. The molecule has 23 heavy (non-hydrogen) atoms. The highest BCUT2D eigenvalue weighted by atomic mass is 32.1. The van der Waals surface area contributed by atoms with E-state index in [1.54, 1.807) is 16.0 Å². The monoisotopic (exact) mass is 324 g/mol. The number of aromatic nitrogens is 3. The Morgan fingerprint density at radius 3 is 2.91 bits per heavy atom. The maximum atomic E-state index is 12.5. The van der Waals surface area contributed by atoms with E-state index in [0.29, 0.717) is 6.54 Å². The van der Waals surface area contributed by atoms with Crippen molar-refractivity contribution in [2.75, 3.05) is 6.54 Å². The van der Waals surface area contributed by atoms with Gasteiger partial charge in [0.25, 0.3) is 0 Å². The second-order valence-electron chi connectivity index (χ2n) is 5.65. The largest absolute Gasteiger partial charge is 0.336 e. The van der Waals surface area contributed by atoms with Crippen molar-refractivity contribution >= 4 is 17.2 Å². The Bertz CT molecular complexity index is 825. The van der Waals surface area contributed by atoms with Crippen LogP contribution in [0.2, 0.25) is 0 Å². The minimum atomic E-state index is 0.0845. The summed E-state index contributed by atoms with van der Waals surface area (Å²) in [5, 5.41) is 12.2. The first-order chi connectivity index (χ1) is 11.3. The lowest BCUT2D eigenvalue weighted by Crippen LogP contribution is -2.38. The van der Waals surface area contributed by atoms with Crippen molar-refractivity contribution in [3.63, 3.8) is 0 Å². The van der Waals surface area contributed by atoms with Gasteiger partial charge >= 0.3 is 0 Å². The van der Waals surface area contributed by atoms with Crippen LogP contribution in [0.1, 0.15) is 11.1 Å². The van der Waals surface area contributed by atoms with Crippen molar-refractivity contribution in [2.45, 2.75) is 19.5 Å². The summed E-state index contributed by atoms with van der Waals surface area (Å²) in [4.78, 5) is 14.4. The molecule has 3 heterocycles. The summed E-state index contributed by atoms with van der Waals surface area (Å²) in [5.74, 6) is 0.0845. The van der Waals surface area contributed by atoms with Gasteiger partial charge in [-0.25, -0.2) is 4.68 Å². The molecule has 3 aromatic rings. The van der Waals surface area contributed by atoms with E-state index in [9.17, 15) is 4.79 Å². The SMILES string of the molecule is O=C(Cn1cc(-c2ccsc2)nn1)N1CCc2ccccc2C1. The normalized spacial score (nSPS) is 13.8. The molecule has 116 valence electrons. The maximum Gasteiger partial charge on any atom is 0.244 e. The van der Waals surface area contributed by atoms with Gasteiger partial charge in [-0.05, 0) is 29.0 Å². The summed E-state index contributed by atoms with van der Waals surface area (Å²) in [6, 6.07) is 10.3. The fourth-order valence-electron chi connectivity index (χ4n) is 2.87. The van der Waals surface area contributed by atoms with Gasteiger partial charge in [-0.1, -0.05) is 29.5 Å². The molecule has 4 rings (SSSR count). The summed E-state index contributed by atoms with van der Waals surface area (Å²) in [6.07, 6.45) is 2.75. The highest BCUT2D eigenvalue weighted by Gasteiger charge is 2.21. The Morgan fingerprint density at radius 2 is 2.09 bits per heavy atom. The van der Waals surface area contributed by atoms with Crippen LogP contribution in [0.5, 0.6) is 0 Å². The average Bonchev–Trinajstić information content (AvgIpc) is 3.25. The zero-order valence-corrected chi connectivity index (χ0v) is 13.4. The van der Waals surface area contributed by atoms with Crippen molar-refractivity contribution in [2.24, 2.45) is 0 Å². The standard InChI is InChI=1S/C17H16N4OS/c22-17(20-7-5-13-3-1-2-4-14(13)9-20)11-21-10-16(18-19-21)15-6-8-23-12-15/h1-4,6,8,10,12H,5,7,9,11H2. The topological polar surface area (TPSA) is 51.0 Å². The first kappa shape index (κ1) is 14.1. The van der Waals surface area contributed by atoms with Crippen LogP contribution >= 0.6 is 11.3 Å². The van der Waals surface area contributed by atoms with Gasteiger partial charge in [-0.3, -0.25) is 4.79 Å². The number of hydrogen-bond acceptors (Lipinski definition) is 4. The van der Waals surface area contributed by atoms with Gasteiger partial charge in [0.2, 0.25) is 5.91 Å². The predicted molar refractivity (Wildman–Crippen MR) is 88.9 cm³/mol. The molecule has 5 nitrogen and oxygen atoms in total. The van der Waals surface area contributed by atoms with E-state index >= 15 is 0 Å². The van der Waals surface area contributed by atoms with Crippen molar-refractivity contribution < 1.29 is 4.79 Å². The molecule has 6 heteroatoms. The number of benzene rings is 1. The highest BCUT2D eigenvalue weighted by molar-refractivity contribution is 7.08. The Balaban J connectivity index is 1.45. The molecule has 0 spiro atoms. The smallest absolute Gasteiger partial charge is 0.244 e. The molecular formula is C17H16N4OS. The average molecular weight is 324 g/mol. The first-order valence-corrected chi connectivity index (χ1v) is 8.51. The number of nitrogens with zero attached hydrogens (tertiary/aromatic N) is 4. The Hall–Kier alpha value is -2.47. The van der Waals surface area contributed by atoms with E-state index in [1.807, 2.05) is 34.0 Å². The van der Waals surface area contributed by atoms with Crippen LogP contribution in [0.3, 0.4) is 0 Å². The first-order valence-electron chi connectivity index (χ1n) is 7.57. The molecule has 1 amide bonds. The molecule has 0 aliphatic carbocycles. The molecule has 2 aromatic heterocycles. The molecule has 1 aliphatic rings. The molecule has 1 aliphatic heterocycles. The summed E-state index contributed by atoms with van der Waals surface area (Å²) in [6.45, 7) is 1.68. The van der Waals surface area contributed by atoms with Gasteiger partial charge in [-0.15, -0.1) is 5.10 Å². The second-order valence-corrected chi connectivity index (χ2v) is 6.43. The highest BCUT2D eigenvalue weighted by Crippen LogP contribution is 2.20. The molecule has 0 saturated carbocycles. The fraction of sp³-hybridized carbons (Fsp3) is 0.235. The summed E-state index contributed by atoms with van der Waals surface area (Å²) in [5.41, 5.74) is 4.44. The molecule has 0 saturated heterocycles. The van der Waals surface area contributed by atoms with Gasteiger partial charge in [0.15, 0.2) is 0 Å². The van der Waals surface area contributed by atoms with Crippen molar-refractivity contribution in [1.82, 2.24) is 19.9 Å². The van der Waals surface area contributed by atoms with Gasteiger partial charge in [0, 0.05) is 24.0 Å². The van der Waals surface area contributed by atoms with Crippen LogP contribution < -0.4 is 0 Å². The maximum absolute atomic E-state index is 12.5. The quantitative estimate of drug-likeness (QED) is 0.744. The van der Waals surface area contributed by atoms with E-state index in [2.05, 4.69) is 28.5 Å². The molecule has 0 fully saturated rings. The van der Waals surface area contributed by atoms with Crippen LogP contribution in [0.4, 0.5) is 0 Å². The zero-order valence-electron chi connectivity index (χ0n) is 12.6. The lowest BCUT2D eigenvalue weighted by atomic mass is 10.00. The molecule has 1 aromatic carbocycles. The third-order valence-electron chi connectivity index (χ3n) is 4.14. The number of carbonyl (C=O) groups is 1. The van der Waals surface area contributed by atoms with Gasteiger partial charge in [0.1, 0.15) is 12.2 Å². The van der Waals surface area contributed by atoms with Crippen LogP contribution in [0.25, 0.3) is 11.3 Å². The van der Waals surface area contributed by atoms with Crippen molar-refractivity contribution in [1.29, 1.82) is 0 Å². The van der Waals surface area contributed by atoms with E-state index in [0.717, 1.165) is 24.2 Å². The third-order valence-corrected chi connectivity index (χ3v) is 4.82. The summed E-state index contributed by atoms with van der Waals surface area (Å²) in [7, 11) is 0. The number of fused-ring (bicyclic) bond motifs is 1. The van der Waals surface area contributed by atoms with E-state index in [-0.39, 0.29) is 12.5 Å². The molecular weight excluding hydrogens is 308 g/mol. The molecule has 0 unspecified atom stereocenters. The molecule has 0 bridgehead atoms. The Labute approximate surface area is 138 Å².